The number of hydrogen-bond donors (Lipinski definition) is 1. The molecule has 0 fully saturated rings. The minimum atomic E-state index is -0.160. The number of thioether (sulfide) groups is 1. The van der Waals surface area contributed by atoms with Gasteiger partial charge in [0.05, 0.1) is 18.4 Å². The highest BCUT2D eigenvalue weighted by Gasteiger charge is 2.16. The van der Waals surface area contributed by atoms with Crippen molar-refractivity contribution in [2.45, 2.75) is 5.16 Å². The number of benzene rings is 2. The Labute approximate surface area is 170 Å². The fraction of sp³-hybridized carbons (Fsp3) is 0.167. The first kappa shape index (κ1) is 19.5. The van der Waals surface area contributed by atoms with E-state index >= 15 is 0 Å². The second-order valence-corrected chi connectivity index (χ2v) is 7.37. The monoisotopic (exact) mass is 422 g/mol. The zero-order chi connectivity index (χ0) is 19.4. The first-order valence-corrected chi connectivity index (χ1v) is 9.63. The van der Waals surface area contributed by atoms with Crippen molar-refractivity contribution in [1.29, 1.82) is 0 Å². The molecule has 0 aliphatic heterocycles. The van der Waals surface area contributed by atoms with Gasteiger partial charge in [0.15, 0.2) is 11.0 Å². The molecule has 1 aromatic heterocycles. The zero-order valence-electron chi connectivity index (χ0n) is 14.6. The highest BCUT2D eigenvalue weighted by Crippen LogP contribution is 2.32. The van der Waals surface area contributed by atoms with E-state index in [4.69, 9.17) is 27.9 Å². The number of rotatable bonds is 6. The van der Waals surface area contributed by atoms with Crippen molar-refractivity contribution in [3.05, 3.63) is 52.5 Å². The number of aromatic nitrogens is 3. The third-order valence-corrected chi connectivity index (χ3v) is 5.17. The Morgan fingerprint density at radius 1 is 1.19 bits per heavy atom. The van der Waals surface area contributed by atoms with Crippen LogP contribution in [0.5, 0.6) is 5.75 Å². The molecule has 3 rings (SSSR count). The number of halogens is 2. The molecule has 0 spiro atoms. The SMILES string of the molecule is COc1ccc(Cl)cc1-c1nnc(SCC(=O)Nc2cccc(Cl)c2)n1C. The van der Waals surface area contributed by atoms with Gasteiger partial charge in [-0.15, -0.1) is 10.2 Å². The van der Waals surface area contributed by atoms with Crippen LogP contribution in [-0.4, -0.2) is 33.5 Å². The molecule has 0 saturated heterocycles. The number of ether oxygens (including phenoxy) is 1. The van der Waals surface area contributed by atoms with Crippen LogP contribution in [0.4, 0.5) is 5.69 Å². The molecule has 3 aromatic rings. The van der Waals surface area contributed by atoms with Gasteiger partial charge in [0, 0.05) is 22.8 Å². The van der Waals surface area contributed by atoms with Crippen LogP contribution in [0.1, 0.15) is 0 Å². The van der Waals surface area contributed by atoms with Gasteiger partial charge in [-0.25, -0.2) is 0 Å². The number of hydrogen-bond acceptors (Lipinski definition) is 5. The van der Waals surface area contributed by atoms with Crippen LogP contribution in [0.2, 0.25) is 10.0 Å². The van der Waals surface area contributed by atoms with Crippen LogP contribution in [0.25, 0.3) is 11.4 Å². The highest BCUT2D eigenvalue weighted by molar-refractivity contribution is 7.99. The Bertz CT molecular complexity index is 978. The van der Waals surface area contributed by atoms with Crippen LogP contribution in [0.15, 0.2) is 47.6 Å². The summed E-state index contributed by atoms with van der Waals surface area (Å²) in [6.45, 7) is 0. The molecule has 140 valence electrons. The minimum Gasteiger partial charge on any atom is -0.496 e. The predicted molar refractivity (Wildman–Crippen MR) is 109 cm³/mol. The number of amides is 1. The van der Waals surface area contributed by atoms with Crippen molar-refractivity contribution in [3.8, 4) is 17.1 Å². The van der Waals surface area contributed by atoms with E-state index < -0.39 is 0 Å². The summed E-state index contributed by atoms with van der Waals surface area (Å²) in [5.74, 6) is 1.27. The van der Waals surface area contributed by atoms with E-state index in [-0.39, 0.29) is 11.7 Å². The van der Waals surface area contributed by atoms with Gasteiger partial charge in [0.25, 0.3) is 0 Å². The number of nitrogens with zero attached hydrogens (tertiary/aromatic N) is 3. The molecule has 1 heterocycles. The topological polar surface area (TPSA) is 69.0 Å². The van der Waals surface area contributed by atoms with E-state index in [9.17, 15) is 4.79 Å². The second-order valence-electron chi connectivity index (χ2n) is 5.56. The molecule has 27 heavy (non-hydrogen) atoms. The molecule has 0 radical (unpaired) electrons. The van der Waals surface area contributed by atoms with Crippen LogP contribution < -0.4 is 10.1 Å². The third-order valence-electron chi connectivity index (χ3n) is 3.68. The summed E-state index contributed by atoms with van der Waals surface area (Å²) in [6.07, 6.45) is 0. The first-order chi connectivity index (χ1) is 13.0. The fourth-order valence-electron chi connectivity index (χ4n) is 2.42. The summed E-state index contributed by atoms with van der Waals surface area (Å²) in [5, 5.41) is 12.9. The van der Waals surface area contributed by atoms with Gasteiger partial charge in [0.2, 0.25) is 5.91 Å². The average Bonchev–Trinajstić information content (AvgIpc) is 3.00. The Morgan fingerprint density at radius 2 is 1.96 bits per heavy atom. The van der Waals surface area contributed by atoms with Crippen molar-refractivity contribution in [1.82, 2.24) is 14.8 Å². The third kappa shape index (κ3) is 4.74. The van der Waals surface area contributed by atoms with Crippen molar-refractivity contribution >= 4 is 46.6 Å². The largest absolute Gasteiger partial charge is 0.496 e. The maximum Gasteiger partial charge on any atom is 0.234 e. The van der Waals surface area contributed by atoms with Gasteiger partial charge in [-0.2, -0.15) is 0 Å². The van der Waals surface area contributed by atoms with E-state index in [2.05, 4.69) is 15.5 Å². The van der Waals surface area contributed by atoms with Gasteiger partial charge in [0.1, 0.15) is 5.75 Å². The Kier molecular flexibility index (Phi) is 6.26. The van der Waals surface area contributed by atoms with Crippen molar-refractivity contribution < 1.29 is 9.53 Å². The van der Waals surface area contributed by atoms with E-state index in [1.807, 2.05) is 7.05 Å². The normalized spacial score (nSPS) is 10.7. The minimum absolute atomic E-state index is 0.160. The van der Waals surface area contributed by atoms with Gasteiger partial charge >= 0.3 is 0 Å². The maximum atomic E-state index is 12.2. The smallest absolute Gasteiger partial charge is 0.234 e. The number of carbonyl (C=O) groups is 1. The molecule has 6 nitrogen and oxygen atoms in total. The van der Waals surface area contributed by atoms with Crippen molar-refractivity contribution in [2.24, 2.45) is 7.05 Å². The molecular weight excluding hydrogens is 407 g/mol. The summed E-state index contributed by atoms with van der Waals surface area (Å²) < 4.78 is 7.17. The standard InChI is InChI=1S/C18H16Cl2N4O2S/c1-24-17(14-9-12(20)6-7-15(14)26-2)22-23-18(24)27-10-16(25)21-13-5-3-4-11(19)8-13/h3-9H,10H2,1-2H3,(H,21,25). The van der Waals surface area contributed by atoms with Crippen LogP contribution >= 0.6 is 35.0 Å². The fourth-order valence-corrected chi connectivity index (χ4v) is 3.50. The molecule has 2 aromatic carbocycles. The summed E-state index contributed by atoms with van der Waals surface area (Å²) in [4.78, 5) is 12.2. The molecule has 9 heteroatoms. The lowest BCUT2D eigenvalue weighted by Gasteiger charge is -2.09. The molecular formula is C18H16Cl2N4O2S. The maximum absolute atomic E-state index is 12.2. The van der Waals surface area contributed by atoms with Crippen LogP contribution in [0.3, 0.4) is 0 Å². The summed E-state index contributed by atoms with van der Waals surface area (Å²) in [7, 11) is 3.41. The zero-order valence-corrected chi connectivity index (χ0v) is 16.9. The lowest BCUT2D eigenvalue weighted by molar-refractivity contribution is -0.113. The summed E-state index contributed by atoms with van der Waals surface area (Å²) >= 11 is 13.3. The van der Waals surface area contributed by atoms with Crippen molar-refractivity contribution in [2.75, 3.05) is 18.2 Å². The molecule has 1 amide bonds. The molecule has 0 atom stereocenters. The van der Waals surface area contributed by atoms with E-state index in [0.29, 0.717) is 32.5 Å². The number of carbonyl (C=O) groups excluding carboxylic acids is 1. The molecule has 0 unspecified atom stereocenters. The van der Waals surface area contributed by atoms with E-state index in [1.54, 1.807) is 54.1 Å². The average molecular weight is 423 g/mol. The van der Waals surface area contributed by atoms with E-state index in [1.165, 1.54) is 11.8 Å². The predicted octanol–water partition coefficient (Wildman–Crippen LogP) is 4.53. The van der Waals surface area contributed by atoms with Crippen molar-refractivity contribution in [3.63, 3.8) is 0 Å². The Hall–Kier alpha value is -2.22. The Balaban J connectivity index is 1.71. The second kappa shape index (κ2) is 8.65. The van der Waals surface area contributed by atoms with Gasteiger partial charge < -0.3 is 14.6 Å². The number of methoxy groups -OCH3 is 1. The number of nitrogens with one attached hydrogen (secondary N) is 1. The molecule has 0 aliphatic carbocycles. The van der Waals surface area contributed by atoms with Crippen LogP contribution in [0, 0.1) is 0 Å². The lowest BCUT2D eigenvalue weighted by atomic mass is 10.2. The quantitative estimate of drug-likeness (QED) is 0.590. The molecule has 1 N–H and O–H groups in total. The highest BCUT2D eigenvalue weighted by atomic mass is 35.5. The van der Waals surface area contributed by atoms with Gasteiger partial charge in [-0.1, -0.05) is 41.0 Å². The summed E-state index contributed by atoms with van der Waals surface area (Å²) in [5.41, 5.74) is 1.38. The van der Waals surface area contributed by atoms with Crippen LogP contribution in [-0.2, 0) is 11.8 Å². The van der Waals surface area contributed by atoms with Gasteiger partial charge in [-0.3, -0.25) is 4.79 Å². The lowest BCUT2D eigenvalue weighted by Crippen LogP contribution is -2.14. The molecule has 0 aliphatic rings. The summed E-state index contributed by atoms with van der Waals surface area (Å²) in [6, 6.07) is 12.3. The van der Waals surface area contributed by atoms with E-state index in [0.717, 1.165) is 5.56 Å². The van der Waals surface area contributed by atoms with Gasteiger partial charge in [-0.05, 0) is 36.4 Å². The Morgan fingerprint density at radius 3 is 2.70 bits per heavy atom. The number of anilines is 1. The molecule has 0 bridgehead atoms. The molecule has 0 saturated carbocycles. The first-order valence-electron chi connectivity index (χ1n) is 7.89.